The predicted molar refractivity (Wildman–Crippen MR) is 58.9 cm³/mol. The average Bonchev–Trinajstić information content (AvgIpc) is 2.09. The van der Waals surface area contributed by atoms with Gasteiger partial charge in [0, 0.05) is 0 Å². The number of nitrogens with one attached hydrogen (secondary N) is 1. The lowest BCUT2D eigenvalue weighted by Gasteiger charge is -2.30. The van der Waals surface area contributed by atoms with Gasteiger partial charge in [0.2, 0.25) is 0 Å². The minimum Gasteiger partial charge on any atom is -0.480 e. The third kappa shape index (κ3) is 3.46. The van der Waals surface area contributed by atoms with Crippen LogP contribution in [0.25, 0.3) is 0 Å². The maximum atomic E-state index is 10.8. The summed E-state index contributed by atoms with van der Waals surface area (Å²) in [4.78, 5) is 10.8. The smallest absolute Gasteiger partial charge is 0.320 e. The molecule has 0 aliphatic heterocycles. The SMILES string of the molecule is CN[C@H](C(=O)O)C1CCC(C)CC1.Cl. The van der Waals surface area contributed by atoms with Gasteiger partial charge in [-0.3, -0.25) is 4.79 Å². The van der Waals surface area contributed by atoms with Crippen LogP contribution in [0.4, 0.5) is 0 Å². The van der Waals surface area contributed by atoms with Gasteiger partial charge in [-0.25, -0.2) is 0 Å². The third-order valence-corrected chi connectivity index (χ3v) is 3.11. The first-order chi connectivity index (χ1) is 6.15. The Bertz CT molecular complexity index is 179. The summed E-state index contributed by atoms with van der Waals surface area (Å²) in [6.45, 7) is 2.24. The van der Waals surface area contributed by atoms with Crippen molar-refractivity contribution in [2.75, 3.05) is 7.05 Å². The minimum absolute atomic E-state index is 0. The second-order valence-electron chi connectivity index (χ2n) is 4.12. The molecule has 0 heterocycles. The highest BCUT2D eigenvalue weighted by molar-refractivity contribution is 5.85. The fourth-order valence-corrected chi connectivity index (χ4v) is 2.18. The lowest BCUT2D eigenvalue weighted by molar-refractivity contribution is -0.141. The van der Waals surface area contributed by atoms with Gasteiger partial charge >= 0.3 is 5.97 Å². The van der Waals surface area contributed by atoms with E-state index in [2.05, 4.69) is 12.2 Å². The summed E-state index contributed by atoms with van der Waals surface area (Å²) in [5.74, 6) is 0.406. The van der Waals surface area contributed by atoms with Crippen LogP contribution >= 0.6 is 12.4 Å². The first-order valence-electron chi connectivity index (χ1n) is 5.05. The number of carboxylic acids is 1. The summed E-state index contributed by atoms with van der Waals surface area (Å²) in [5, 5.41) is 11.8. The molecule has 0 aromatic heterocycles. The van der Waals surface area contributed by atoms with E-state index < -0.39 is 5.97 Å². The highest BCUT2D eigenvalue weighted by Gasteiger charge is 2.29. The molecule has 0 aromatic rings. The van der Waals surface area contributed by atoms with E-state index in [-0.39, 0.29) is 18.4 Å². The van der Waals surface area contributed by atoms with Gasteiger partial charge in [0.05, 0.1) is 0 Å². The molecule has 0 radical (unpaired) electrons. The van der Waals surface area contributed by atoms with Crippen molar-refractivity contribution in [1.82, 2.24) is 5.32 Å². The van der Waals surface area contributed by atoms with Gasteiger partial charge in [-0.2, -0.15) is 0 Å². The number of halogens is 1. The van der Waals surface area contributed by atoms with Crippen molar-refractivity contribution in [3.8, 4) is 0 Å². The Hall–Kier alpha value is -0.280. The lowest BCUT2D eigenvalue weighted by atomic mass is 9.79. The number of hydrogen-bond donors (Lipinski definition) is 2. The molecule has 1 aliphatic carbocycles. The van der Waals surface area contributed by atoms with Gasteiger partial charge in [0.15, 0.2) is 0 Å². The van der Waals surface area contributed by atoms with E-state index in [1.807, 2.05) is 0 Å². The Labute approximate surface area is 91.7 Å². The molecule has 1 saturated carbocycles. The van der Waals surface area contributed by atoms with Gasteiger partial charge in [-0.05, 0) is 31.7 Å². The standard InChI is InChI=1S/C10H19NO2.ClH/c1-7-3-5-8(6-4-7)9(11-2)10(12)13;/h7-9,11H,3-6H2,1-2H3,(H,12,13);1H/t7?,8?,9-;/m0./s1. The fourth-order valence-electron chi connectivity index (χ4n) is 2.18. The molecule has 1 atom stereocenters. The molecule has 0 amide bonds. The molecule has 0 unspecified atom stereocenters. The van der Waals surface area contributed by atoms with Crippen LogP contribution in [0.2, 0.25) is 0 Å². The van der Waals surface area contributed by atoms with E-state index >= 15 is 0 Å². The van der Waals surface area contributed by atoms with Crippen molar-refractivity contribution < 1.29 is 9.90 Å². The molecule has 3 nitrogen and oxygen atoms in total. The lowest BCUT2D eigenvalue weighted by Crippen LogP contribution is -2.42. The van der Waals surface area contributed by atoms with E-state index in [9.17, 15) is 4.79 Å². The summed E-state index contributed by atoms with van der Waals surface area (Å²) in [6, 6.07) is -0.340. The second-order valence-corrected chi connectivity index (χ2v) is 4.12. The number of rotatable bonds is 3. The van der Waals surface area contributed by atoms with Crippen molar-refractivity contribution >= 4 is 18.4 Å². The molecule has 84 valence electrons. The van der Waals surface area contributed by atoms with Crippen LogP contribution < -0.4 is 5.32 Å². The number of aliphatic carboxylic acids is 1. The zero-order valence-electron chi connectivity index (χ0n) is 8.82. The number of likely N-dealkylation sites (N-methyl/N-ethyl adjacent to an activating group) is 1. The molecule has 2 N–H and O–H groups in total. The van der Waals surface area contributed by atoms with Crippen molar-refractivity contribution in [3.63, 3.8) is 0 Å². The predicted octanol–water partition coefficient (Wildman–Crippen LogP) is 1.91. The Morgan fingerprint density at radius 1 is 1.36 bits per heavy atom. The van der Waals surface area contributed by atoms with Gasteiger partial charge in [0.25, 0.3) is 0 Å². The molecule has 14 heavy (non-hydrogen) atoms. The largest absolute Gasteiger partial charge is 0.480 e. The molecular weight excluding hydrogens is 202 g/mol. The topological polar surface area (TPSA) is 49.3 Å². The Kier molecular flexibility index (Phi) is 6.12. The molecule has 0 bridgehead atoms. The van der Waals surface area contributed by atoms with E-state index in [4.69, 9.17) is 5.11 Å². The summed E-state index contributed by atoms with van der Waals surface area (Å²) < 4.78 is 0. The normalized spacial score (nSPS) is 29.0. The summed E-state index contributed by atoms with van der Waals surface area (Å²) in [5.41, 5.74) is 0. The highest BCUT2D eigenvalue weighted by Crippen LogP contribution is 2.30. The zero-order valence-corrected chi connectivity index (χ0v) is 9.64. The second kappa shape index (κ2) is 6.25. The zero-order chi connectivity index (χ0) is 9.84. The van der Waals surface area contributed by atoms with Crippen LogP contribution in [-0.2, 0) is 4.79 Å². The molecule has 0 saturated heterocycles. The first kappa shape index (κ1) is 13.7. The molecule has 1 fully saturated rings. The number of carboxylic acid groups (broad SMARTS) is 1. The van der Waals surface area contributed by atoms with E-state index in [1.165, 1.54) is 12.8 Å². The molecule has 0 spiro atoms. The van der Waals surface area contributed by atoms with Crippen LogP contribution in [0.5, 0.6) is 0 Å². The molecule has 4 heteroatoms. The molecule has 0 aromatic carbocycles. The monoisotopic (exact) mass is 221 g/mol. The fraction of sp³-hybridized carbons (Fsp3) is 0.900. The third-order valence-electron chi connectivity index (χ3n) is 3.11. The van der Waals surface area contributed by atoms with Crippen molar-refractivity contribution in [1.29, 1.82) is 0 Å². The van der Waals surface area contributed by atoms with Crippen molar-refractivity contribution in [2.45, 2.75) is 38.6 Å². The molecule has 1 aliphatic rings. The van der Waals surface area contributed by atoms with Crippen LogP contribution in [-0.4, -0.2) is 24.2 Å². The van der Waals surface area contributed by atoms with Crippen LogP contribution in [0.15, 0.2) is 0 Å². The van der Waals surface area contributed by atoms with Gasteiger partial charge in [-0.1, -0.05) is 19.8 Å². The number of carbonyl (C=O) groups is 1. The van der Waals surface area contributed by atoms with Crippen molar-refractivity contribution in [3.05, 3.63) is 0 Å². The molecule has 1 rings (SSSR count). The maximum Gasteiger partial charge on any atom is 0.320 e. The van der Waals surface area contributed by atoms with E-state index in [0.717, 1.165) is 18.8 Å². The van der Waals surface area contributed by atoms with E-state index in [1.54, 1.807) is 7.05 Å². The van der Waals surface area contributed by atoms with Crippen LogP contribution in [0.1, 0.15) is 32.6 Å². The maximum absolute atomic E-state index is 10.8. The number of hydrogen-bond acceptors (Lipinski definition) is 2. The van der Waals surface area contributed by atoms with Gasteiger partial charge in [-0.15, -0.1) is 12.4 Å². The van der Waals surface area contributed by atoms with E-state index in [0.29, 0.717) is 5.92 Å². The minimum atomic E-state index is -0.706. The van der Waals surface area contributed by atoms with Gasteiger partial charge in [0.1, 0.15) is 6.04 Å². The summed E-state index contributed by atoms with van der Waals surface area (Å²) >= 11 is 0. The molecular formula is C10H20ClNO2. The summed E-state index contributed by atoms with van der Waals surface area (Å²) in [6.07, 6.45) is 4.46. The Morgan fingerprint density at radius 2 is 1.86 bits per heavy atom. The van der Waals surface area contributed by atoms with Gasteiger partial charge < -0.3 is 10.4 Å². The van der Waals surface area contributed by atoms with Crippen LogP contribution in [0.3, 0.4) is 0 Å². The average molecular weight is 222 g/mol. The van der Waals surface area contributed by atoms with Crippen LogP contribution in [0, 0.1) is 11.8 Å². The summed E-state index contributed by atoms with van der Waals surface area (Å²) in [7, 11) is 1.73. The Morgan fingerprint density at radius 3 is 2.21 bits per heavy atom. The quantitative estimate of drug-likeness (QED) is 0.766. The van der Waals surface area contributed by atoms with Crippen molar-refractivity contribution in [2.24, 2.45) is 11.8 Å². The highest BCUT2D eigenvalue weighted by atomic mass is 35.5. The first-order valence-corrected chi connectivity index (χ1v) is 5.05. The Balaban J connectivity index is 0.00000169.